The third-order valence-electron chi connectivity index (χ3n) is 5.61. The highest BCUT2D eigenvalue weighted by Crippen LogP contribution is 2.23. The lowest BCUT2D eigenvalue weighted by atomic mass is 9.97. The first-order valence-corrected chi connectivity index (χ1v) is 10.2. The first kappa shape index (κ1) is 19.6. The number of hydrogen-bond donors (Lipinski definition) is 1. The Morgan fingerprint density at radius 2 is 2.14 bits per heavy atom. The molecule has 0 aliphatic carbocycles. The number of pyridine rings is 1. The van der Waals surface area contributed by atoms with Gasteiger partial charge in [-0.15, -0.1) is 5.10 Å². The number of carbonyl (C=O) groups is 1. The van der Waals surface area contributed by atoms with Gasteiger partial charge in [-0.2, -0.15) is 0 Å². The van der Waals surface area contributed by atoms with E-state index in [1.165, 1.54) is 0 Å². The van der Waals surface area contributed by atoms with Crippen LogP contribution in [0.3, 0.4) is 0 Å². The molecule has 3 aromatic rings. The number of aromatic nitrogens is 5. The van der Waals surface area contributed by atoms with Crippen LogP contribution in [0.1, 0.15) is 54.1 Å². The highest BCUT2D eigenvalue weighted by atomic mass is 16.2. The molecule has 0 radical (unpaired) electrons. The summed E-state index contributed by atoms with van der Waals surface area (Å²) in [5.74, 6) is 0.385. The van der Waals surface area contributed by atoms with Crippen LogP contribution < -0.4 is 5.73 Å². The summed E-state index contributed by atoms with van der Waals surface area (Å²) in [5.41, 5.74) is 9.76. The van der Waals surface area contributed by atoms with Gasteiger partial charge in [0.05, 0.1) is 17.4 Å². The number of likely N-dealkylation sites (tertiary alicyclic amines) is 1. The SMILES string of the molecule is Cc1ccn2c(C(=O)N3CCC[C@@H](Cn4cc(C(C)(C)N)nn4)C3)c(C)nc2c1. The van der Waals surface area contributed by atoms with E-state index in [0.29, 0.717) is 18.2 Å². The second-order valence-corrected chi connectivity index (χ2v) is 8.79. The summed E-state index contributed by atoms with van der Waals surface area (Å²) in [4.78, 5) is 19.9. The summed E-state index contributed by atoms with van der Waals surface area (Å²) < 4.78 is 3.76. The van der Waals surface area contributed by atoms with Gasteiger partial charge < -0.3 is 10.6 Å². The number of piperidine rings is 1. The Bertz CT molecular complexity index is 1040. The lowest BCUT2D eigenvalue weighted by Gasteiger charge is -2.32. The average Bonchev–Trinajstić information content (AvgIpc) is 3.24. The van der Waals surface area contributed by atoms with Crippen LogP contribution in [-0.2, 0) is 12.1 Å². The molecule has 0 aromatic carbocycles. The summed E-state index contributed by atoms with van der Waals surface area (Å²) >= 11 is 0. The summed E-state index contributed by atoms with van der Waals surface area (Å²) in [6.45, 7) is 9.98. The van der Waals surface area contributed by atoms with Crippen LogP contribution >= 0.6 is 0 Å². The minimum Gasteiger partial charge on any atom is -0.337 e. The molecule has 0 saturated carbocycles. The van der Waals surface area contributed by atoms with Crippen LogP contribution in [0.4, 0.5) is 0 Å². The number of aryl methyl sites for hydroxylation is 2. The van der Waals surface area contributed by atoms with Gasteiger partial charge in [-0.05, 0) is 64.2 Å². The number of hydrogen-bond acceptors (Lipinski definition) is 5. The van der Waals surface area contributed by atoms with Crippen molar-refractivity contribution in [3.05, 3.63) is 47.2 Å². The predicted molar refractivity (Wildman–Crippen MR) is 111 cm³/mol. The second kappa shape index (κ2) is 7.26. The molecule has 0 spiro atoms. The molecule has 4 rings (SSSR count). The minimum atomic E-state index is -0.508. The van der Waals surface area contributed by atoms with E-state index < -0.39 is 5.54 Å². The highest BCUT2D eigenvalue weighted by Gasteiger charge is 2.28. The Morgan fingerprint density at radius 3 is 2.86 bits per heavy atom. The Labute approximate surface area is 170 Å². The van der Waals surface area contributed by atoms with Crippen LogP contribution in [0.5, 0.6) is 0 Å². The topological polar surface area (TPSA) is 94.3 Å². The Hall–Kier alpha value is -2.74. The van der Waals surface area contributed by atoms with Crippen molar-refractivity contribution in [3.8, 4) is 0 Å². The van der Waals surface area contributed by atoms with Gasteiger partial charge in [0.2, 0.25) is 0 Å². The monoisotopic (exact) mass is 395 g/mol. The number of imidazole rings is 1. The molecule has 8 heteroatoms. The molecule has 29 heavy (non-hydrogen) atoms. The minimum absolute atomic E-state index is 0.0472. The predicted octanol–water partition coefficient (Wildman–Crippen LogP) is 2.29. The number of fused-ring (bicyclic) bond motifs is 1. The van der Waals surface area contributed by atoms with Crippen molar-refractivity contribution < 1.29 is 4.79 Å². The van der Waals surface area contributed by atoms with Gasteiger partial charge in [-0.3, -0.25) is 13.9 Å². The molecule has 154 valence electrons. The quantitative estimate of drug-likeness (QED) is 0.731. The molecule has 0 bridgehead atoms. The maximum absolute atomic E-state index is 13.3. The van der Waals surface area contributed by atoms with Crippen molar-refractivity contribution in [1.82, 2.24) is 29.3 Å². The molecule has 1 fully saturated rings. The summed E-state index contributed by atoms with van der Waals surface area (Å²) in [5, 5.41) is 8.43. The Balaban J connectivity index is 1.51. The van der Waals surface area contributed by atoms with Crippen LogP contribution in [0.15, 0.2) is 24.5 Å². The van der Waals surface area contributed by atoms with Crippen LogP contribution in [-0.4, -0.2) is 48.3 Å². The Morgan fingerprint density at radius 1 is 1.34 bits per heavy atom. The summed E-state index contributed by atoms with van der Waals surface area (Å²) in [6.07, 6.45) is 5.90. The molecule has 1 saturated heterocycles. The number of carbonyl (C=O) groups excluding carboxylic acids is 1. The van der Waals surface area contributed by atoms with Crippen LogP contribution in [0.25, 0.3) is 5.65 Å². The molecule has 0 unspecified atom stereocenters. The maximum Gasteiger partial charge on any atom is 0.272 e. The van der Waals surface area contributed by atoms with Crippen molar-refractivity contribution >= 4 is 11.6 Å². The smallest absolute Gasteiger partial charge is 0.272 e. The van der Waals surface area contributed by atoms with Crippen molar-refractivity contribution in [2.24, 2.45) is 11.7 Å². The van der Waals surface area contributed by atoms with Crippen LogP contribution in [0, 0.1) is 19.8 Å². The van der Waals surface area contributed by atoms with E-state index in [4.69, 9.17) is 5.73 Å². The first-order chi connectivity index (χ1) is 13.7. The fraction of sp³-hybridized carbons (Fsp3) is 0.524. The first-order valence-electron chi connectivity index (χ1n) is 10.2. The molecule has 8 nitrogen and oxygen atoms in total. The lowest BCUT2D eigenvalue weighted by Crippen LogP contribution is -2.41. The Kier molecular flexibility index (Phi) is 4.90. The number of nitrogens with two attached hydrogens (primary N) is 1. The standard InChI is InChI=1S/C21H29N7O/c1-14-7-9-28-18(10-14)23-15(2)19(28)20(29)26-8-5-6-16(11-26)12-27-13-17(24-25-27)21(3,4)22/h7,9-10,13,16H,5-6,8,11-12,22H2,1-4H3/t16-/m1/s1. The van der Waals surface area contributed by atoms with Gasteiger partial charge in [-0.25, -0.2) is 4.98 Å². The third-order valence-corrected chi connectivity index (χ3v) is 5.61. The third kappa shape index (κ3) is 3.89. The van der Waals surface area contributed by atoms with Gasteiger partial charge in [0.1, 0.15) is 17.0 Å². The molecule has 1 atom stereocenters. The highest BCUT2D eigenvalue weighted by molar-refractivity contribution is 5.94. The molecule has 1 aliphatic heterocycles. The van der Waals surface area contributed by atoms with Crippen molar-refractivity contribution in [1.29, 1.82) is 0 Å². The van der Waals surface area contributed by atoms with Gasteiger partial charge in [0, 0.05) is 25.8 Å². The zero-order valence-corrected chi connectivity index (χ0v) is 17.6. The van der Waals surface area contributed by atoms with Gasteiger partial charge >= 0.3 is 0 Å². The number of rotatable bonds is 4. The summed E-state index contributed by atoms with van der Waals surface area (Å²) in [7, 11) is 0. The van der Waals surface area contributed by atoms with E-state index in [1.807, 2.05) is 66.2 Å². The van der Waals surface area contributed by atoms with Crippen molar-refractivity contribution in [2.45, 2.75) is 52.6 Å². The normalized spacial score (nSPS) is 17.8. The zero-order valence-electron chi connectivity index (χ0n) is 17.6. The van der Waals surface area contributed by atoms with Gasteiger partial charge in [-0.1, -0.05) is 5.21 Å². The van der Waals surface area contributed by atoms with E-state index in [-0.39, 0.29) is 5.91 Å². The van der Waals surface area contributed by atoms with Gasteiger partial charge in [0.25, 0.3) is 5.91 Å². The second-order valence-electron chi connectivity index (χ2n) is 8.79. The fourth-order valence-electron chi connectivity index (χ4n) is 4.02. The number of amides is 1. The molecule has 2 N–H and O–H groups in total. The van der Waals surface area contributed by atoms with E-state index in [2.05, 4.69) is 15.3 Å². The zero-order chi connectivity index (χ0) is 20.8. The van der Waals surface area contributed by atoms with E-state index in [9.17, 15) is 4.79 Å². The lowest BCUT2D eigenvalue weighted by molar-refractivity contribution is 0.0651. The average molecular weight is 396 g/mol. The maximum atomic E-state index is 13.3. The van der Waals surface area contributed by atoms with E-state index in [1.54, 1.807) is 0 Å². The molecule has 1 amide bonds. The molecule has 4 heterocycles. The number of nitrogens with zero attached hydrogens (tertiary/aromatic N) is 6. The molecule has 1 aliphatic rings. The molecule has 3 aromatic heterocycles. The van der Waals surface area contributed by atoms with Crippen molar-refractivity contribution in [2.75, 3.05) is 13.1 Å². The van der Waals surface area contributed by atoms with E-state index in [0.717, 1.165) is 48.5 Å². The van der Waals surface area contributed by atoms with Crippen LogP contribution in [0.2, 0.25) is 0 Å². The fourth-order valence-corrected chi connectivity index (χ4v) is 4.02. The van der Waals surface area contributed by atoms with Crippen molar-refractivity contribution in [3.63, 3.8) is 0 Å². The van der Waals surface area contributed by atoms with E-state index >= 15 is 0 Å². The molecular weight excluding hydrogens is 366 g/mol. The largest absolute Gasteiger partial charge is 0.337 e. The van der Waals surface area contributed by atoms with Gasteiger partial charge in [0.15, 0.2) is 0 Å². The molecular formula is C21H29N7O. The summed E-state index contributed by atoms with van der Waals surface area (Å²) in [6, 6.07) is 4.01.